The van der Waals surface area contributed by atoms with Crippen LogP contribution in [-0.2, 0) is 5.41 Å². The van der Waals surface area contributed by atoms with Crippen molar-refractivity contribution < 1.29 is 0 Å². The van der Waals surface area contributed by atoms with Gasteiger partial charge in [0.2, 0.25) is 4.77 Å². The summed E-state index contributed by atoms with van der Waals surface area (Å²) >= 11 is 10.5. The highest BCUT2D eigenvalue weighted by Gasteiger charge is 2.33. The van der Waals surface area contributed by atoms with E-state index in [0.29, 0.717) is 9.54 Å². The second-order valence-electron chi connectivity index (χ2n) is 5.94. The predicted octanol–water partition coefficient (Wildman–Crippen LogP) is 6.01. The molecule has 0 unspecified atom stereocenters. The predicted molar refractivity (Wildman–Crippen MR) is 94.9 cm³/mol. The van der Waals surface area contributed by atoms with Crippen LogP contribution in [0.2, 0.25) is 0 Å². The molecule has 120 valence electrons. The summed E-state index contributed by atoms with van der Waals surface area (Å²) in [6.45, 7) is 6.74. The molecule has 1 heterocycles. The van der Waals surface area contributed by atoms with Gasteiger partial charge in [0.05, 0.1) is 0 Å². The molecule has 0 atom stereocenters. The van der Waals surface area contributed by atoms with Crippen molar-refractivity contribution >= 4 is 24.4 Å². The van der Waals surface area contributed by atoms with Gasteiger partial charge in [-0.25, -0.2) is 4.98 Å². The maximum absolute atomic E-state index is 5.28. The Morgan fingerprint density at radius 2 is 1.33 bits per heavy atom. The largest absolute Gasteiger partial charge is 0.320 e. The summed E-state index contributed by atoms with van der Waals surface area (Å²) in [6.07, 6.45) is 10.8. The van der Waals surface area contributed by atoms with Crippen molar-refractivity contribution in [3.63, 3.8) is 0 Å². The number of aromatic amines is 2. The van der Waals surface area contributed by atoms with Gasteiger partial charge < -0.3 is 9.97 Å². The van der Waals surface area contributed by atoms with E-state index in [1.165, 1.54) is 57.8 Å². The van der Waals surface area contributed by atoms with E-state index in [4.69, 9.17) is 24.4 Å². The fraction of sp³-hybridized carbons (Fsp3) is 0.812. The Morgan fingerprint density at radius 3 is 1.71 bits per heavy atom. The first-order valence-corrected chi connectivity index (χ1v) is 9.10. The van der Waals surface area contributed by atoms with Crippen molar-refractivity contribution in [3.05, 3.63) is 15.4 Å². The molecule has 0 aliphatic rings. The highest BCUT2D eigenvalue weighted by atomic mass is 32.1. The highest BCUT2D eigenvalue weighted by Crippen LogP contribution is 2.38. The first-order valence-electron chi connectivity index (χ1n) is 8.29. The fourth-order valence-corrected chi connectivity index (χ4v) is 3.37. The van der Waals surface area contributed by atoms with Gasteiger partial charge in [0.25, 0.3) is 0 Å². The lowest BCUT2D eigenvalue weighted by molar-refractivity contribution is 0.291. The van der Waals surface area contributed by atoms with E-state index in [2.05, 4.69) is 35.7 Å². The van der Waals surface area contributed by atoms with Crippen LogP contribution in [0.1, 0.15) is 84.4 Å². The van der Waals surface area contributed by atoms with E-state index in [-0.39, 0.29) is 5.41 Å². The van der Waals surface area contributed by atoms with Crippen LogP contribution in [-0.4, -0.2) is 15.0 Å². The number of H-pyrrole nitrogens is 2. The van der Waals surface area contributed by atoms with Crippen LogP contribution >= 0.6 is 24.4 Å². The van der Waals surface area contributed by atoms with Crippen molar-refractivity contribution in [2.75, 3.05) is 0 Å². The molecule has 0 bridgehead atoms. The summed E-state index contributed by atoms with van der Waals surface area (Å²) in [7, 11) is 0. The summed E-state index contributed by atoms with van der Waals surface area (Å²) in [5, 5.41) is 0. The number of nitrogens with one attached hydrogen (secondary N) is 2. The van der Waals surface area contributed by atoms with Crippen LogP contribution in [0.15, 0.2) is 0 Å². The first kappa shape index (κ1) is 18.5. The second kappa shape index (κ2) is 9.46. The summed E-state index contributed by atoms with van der Waals surface area (Å²) in [6, 6.07) is 0. The summed E-state index contributed by atoms with van der Waals surface area (Å²) < 4.78 is 1.10. The van der Waals surface area contributed by atoms with Gasteiger partial charge in [-0.05, 0) is 43.7 Å². The van der Waals surface area contributed by atoms with Crippen LogP contribution in [0.3, 0.4) is 0 Å². The molecule has 3 nitrogen and oxygen atoms in total. The van der Waals surface area contributed by atoms with Crippen LogP contribution in [0, 0.1) is 9.54 Å². The third-order valence-electron chi connectivity index (χ3n) is 4.19. The third-order valence-corrected chi connectivity index (χ3v) is 4.59. The lowest BCUT2D eigenvalue weighted by Gasteiger charge is -2.33. The number of hydrogen-bond acceptors (Lipinski definition) is 3. The topological polar surface area (TPSA) is 44.5 Å². The molecule has 0 spiro atoms. The zero-order chi connectivity index (χ0) is 15.7. The van der Waals surface area contributed by atoms with Gasteiger partial charge in [-0.1, -0.05) is 59.3 Å². The van der Waals surface area contributed by atoms with E-state index >= 15 is 0 Å². The minimum Gasteiger partial charge on any atom is -0.320 e. The second-order valence-corrected chi connectivity index (χ2v) is 6.73. The first-order chi connectivity index (χ1) is 10.1. The minimum atomic E-state index is 0.109. The van der Waals surface area contributed by atoms with E-state index in [1.807, 2.05) is 0 Å². The molecule has 0 radical (unpaired) electrons. The van der Waals surface area contributed by atoms with E-state index in [0.717, 1.165) is 5.82 Å². The van der Waals surface area contributed by atoms with Crippen molar-refractivity contribution in [2.24, 2.45) is 0 Å². The fourth-order valence-electron chi connectivity index (χ4n) is 2.92. The Hall–Kier alpha value is -0.550. The highest BCUT2D eigenvalue weighted by molar-refractivity contribution is 7.71. The zero-order valence-electron chi connectivity index (χ0n) is 13.6. The summed E-state index contributed by atoms with van der Waals surface area (Å²) in [5.74, 6) is 1.01. The Bertz CT molecular complexity index is 469. The molecule has 0 saturated carbocycles. The average molecular weight is 328 g/mol. The normalized spacial score (nSPS) is 11.8. The van der Waals surface area contributed by atoms with Crippen molar-refractivity contribution in [1.29, 1.82) is 0 Å². The monoisotopic (exact) mass is 327 g/mol. The standard InChI is InChI=1S/C16H29N3S2/c1-4-7-10-16(11-8-5-2,12-9-6-3)13-17-14(20)19-15(21)18-13/h4-12H2,1-3H3,(H2,17,18,19,20,21). The van der Waals surface area contributed by atoms with Gasteiger partial charge in [0.1, 0.15) is 5.82 Å². The lowest BCUT2D eigenvalue weighted by Crippen LogP contribution is -2.29. The van der Waals surface area contributed by atoms with E-state index < -0.39 is 0 Å². The van der Waals surface area contributed by atoms with Gasteiger partial charge in [-0.3, -0.25) is 0 Å². The van der Waals surface area contributed by atoms with Crippen molar-refractivity contribution in [2.45, 2.75) is 84.0 Å². The molecule has 5 heteroatoms. The number of aromatic nitrogens is 3. The maximum Gasteiger partial charge on any atom is 0.200 e. The Balaban J connectivity index is 3.21. The maximum atomic E-state index is 5.28. The van der Waals surface area contributed by atoms with Crippen LogP contribution < -0.4 is 0 Å². The van der Waals surface area contributed by atoms with Gasteiger partial charge in [0.15, 0.2) is 4.77 Å². The van der Waals surface area contributed by atoms with E-state index in [1.54, 1.807) is 0 Å². The quantitative estimate of drug-likeness (QED) is 0.518. The molecule has 0 fully saturated rings. The van der Waals surface area contributed by atoms with Crippen molar-refractivity contribution in [1.82, 2.24) is 15.0 Å². The van der Waals surface area contributed by atoms with Crippen LogP contribution in [0.25, 0.3) is 0 Å². The van der Waals surface area contributed by atoms with Gasteiger partial charge >= 0.3 is 0 Å². The van der Waals surface area contributed by atoms with Gasteiger partial charge in [-0.2, -0.15) is 0 Å². The number of unbranched alkanes of at least 4 members (excludes halogenated alkanes) is 3. The molecule has 0 aliphatic heterocycles. The van der Waals surface area contributed by atoms with Crippen LogP contribution in [0.4, 0.5) is 0 Å². The van der Waals surface area contributed by atoms with Gasteiger partial charge in [-0.15, -0.1) is 0 Å². The molecule has 0 saturated heterocycles. The zero-order valence-corrected chi connectivity index (χ0v) is 15.3. The van der Waals surface area contributed by atoms with E-state index in [9.17, 15) is 0 Å². The molecule has 1 rings (SSSR count). The lowest BCUT2D eigenvalue weighted by atomic mass is 9.73. The van der Waals surface area contributed by atoms with Crippen molar-refractivity contribution in [3.8, 4) is 0 Å². The molecule has 21 heavy (non-hydrogen) atoms. The molecule has 0 aromatic carbocycles. The Morgan fingerprint density at radius 1 is 0.857 bits per heavy atom. The molecular weight excluding hydrogens is 298 g/mol. The Kier molecular flexibility index (Phi) is 8.34. The molecule has 1 aromatic rings. The molecule has 0 aliphatic carbocycles. The number of rotatable bonds is 10. The van der Waals surface area contributed by atoms with Crippen LogP contribution in [0.5, 0.6) is 0 Å². The summed E-state index contributed by atoms with van der Waals surface area (Å²) in [5.41, 5.74) is 0.109. The Labute approximate surface area is 139 Å². The molecular formula is C16H29N3S2. The average Bonchev–Trinajstić information content (AvgIpc) is 2.46. The minimum absolute atomic E-state index is 0.109. The number of nitrogens with zero attached hydrogens (tertiary/aromatic N) is 1. The number of hydrogen-bond donors (Lipinski definition) is 2. The molecule has 1 aromatic heterocycles. The molecule has 0 amide bonds. The van der Waals surface area contributed by atoms with Gasteiger partial charge in [0, 0.05) is 5.41 Å². The third kappa shape index (κ3) is 5.62. The SMILES string of the molecule is CCCCC(CCCC)(CCCC)c1nc(=S)[nH]c(=S)[nH]1. The summed E-state index contributed by atoms with van der Waals surface area (Å²) in [4.78, 5) is 10.8. The molecule has 2 N–H and O–H groups in total. The smallest absolute Gasteiger partial charge is 0.200 e.